The summed E-state index contributed by atoms with van der Waals surface area (Å²) in [5.74, 6) is -0.472. The van der Waals surface area contributed by atoms with Crippen molar-refractivity contribution in [1.82, 2.24) is 10.6 Å². The number of benzene rings is 1. The molecule has 0 spiro atoms. The highest BCUT2D eigenvalue weighted by Gasteiger charge is 2.32. The Bertz CT molecular complexity index is 485. The van der Waals surface area contributed by atoms with E-state index in [0.717, 1.165) is 19.4 Å². The van der Waals surface area contributed by atoms with E-state index in [2.05, 4.69) is 15.4 Å². The zero-order valence-corrected chi connectivity index (χ0v) is 11.4. The number of amides is 1. The molecule has 0 bridgehead atoms. The normalized spacial score (nSPS) is 18.5. The van der Waals surface area contributed by atoms with Crippen LogP contribution in [-0.2, 0) is 11.3 Å². The number of rotatable bonds is 5. The molecule has 116 valence electrons. The molecule has 1 aliphatic rings. The predicted octanol–water partition coefficient (Wildman–Crippen LogP) is 2.34. The summed E-state index contributed by atoms with van der Waals surface area (Å²) in [6, 6.07) is 5.94. The smallest absolute Gasteiger partial charge is 0.405 e. The van der Waals surface area contributed by atoms with E-state index in [1.807, 2.05) is 0 Å². The standard InChI is InChI=1S/C14H17F3N2O2/c15-14(16,17)21-12-6-2-1-4-10(12)9-19-13(20)8-11-5-3-7-18-11/h1-2,4,6,11,18H,3,5,7-9H2,(H,19,20). The molecule has 1 aromatic rings. The molecule has 1 unspecified atom stereocenters. The van der Waals surface area contributed by atoms with Gasteiger partial charge >= 0.3 is 6.36 Å². The third-order valence-corrected chi connectivity index (χ3v) is 3.27. The number of hydrogen-bond acceptors (Lipinski definition) is 3. The number of carbonyl (C=O) groups excluding carboxylic acids is 1. The zero-order valence-electron chi connectivity index (χ0n) is 11.4. The Morgan fingerprint density at radius 3 is 2.81 bits per heavy atom. The van der Waals surface area contributed by atoms with Gasteiger partial charge in [0.2, 0.25) is 5.91 Å². The summed E-state index contributed by atoms with van der Waals surface area (Å²) in [7, 11) is 0. The van der Waals surface area contributed by atoms with Crippen LogP contribution in [0.4, 0.5) is 13.2 Å². The summed E-state index contributed by atoms with van der Waals surface area (Å²) in [4.78, 5) is 11.8. The van der Waals surface area contributed by atoms with Gasteiger partial charge in [0.25, 0.3) is 0 Å². The average Bonchev–Trinajstić information content (AvgIpc) is 2.89. The van der Waals surface area contributed by atoms with Crippen LogP contribution < -0.4 is 15.4 Å². The highest BCUT2D eigenvalue weighted by atomic mass is 19.4. The average molecular weight is 302 g/mol. The molecule has 1 aromatic carbocycles. The van der Waals surface area contributed by atoms with Crippen molar-refractivity contribution in [1.29, 1.82) is 0 Å². The fraction of sp³-hybridized carbons (Fsp3) is 0.500. The van der Waals surface area contributed by atoms with E-state index in [1.54, 1.807) is 6.07 Å². The molecule has 1 amide bonds. The molecule has 0 aliphatic carbocycles. The lowest BCUT2D eigenvalue weighted by Crippen LogP contribution is -2.31. The fourth-order valence-electron chi connectivity index (χ4n) is 2.29. The minimum atomic E-state index is -4.74. The van der Waals surface area contributed by atoms with Crippen molar-refractivity contribution in [2.45, 2.75) is 38.2 Å². The van der Waals surface area contributed by atoms with Crippen LogP contribution in [0.5, 0.6) is 5.75 Å². The monoisotopic (exact) mass is 302 g/mol. The Balaban J connectivity index is 1.88. The molecule has 1 fully saturated rings. The topological polar surface area (TPSA) is 50.4 Å². The van der Waals surface area contributed by atoms with Crippen LogP contribution in [0.15, 0.2) is 24.3 Å². The van der Waals surface area contributed by atoms with Crippen molar-refractivity contribution in [3.05, 3.63) is 29.8 Å². The van der Waals surface area contributed by atoms with Gasteiger partial charge in [0.15, 0.2) is 0 Å². The summed E-state index contributed by atoms with van der Waals surface area (Å²) in [6.45, 7) is 0.915. The van der Waals surface area contributed by atoms with Gasteiger partial charge in [-0.05, 0) is 25.5 Å². The Kier molecular flexibility index (Phi) is 5.06. The first kappa shape index (κ1) is 15.6. The maximum atomic E-state index is 12.3. The third kappa shape index (κ3) is 5.26. The van der Waals surface area contributed by atoms with Crippen molar-refractivity contribution in [2.24, 2.45) is 0 Å². The minimum Gasteiger partial charge on any atom is -0.405 e. The lowest BCUT2D eigenvalue weighted by atomic mass is 10.1. The maximum Gasteiger partial charge on any atom is 0.573 e. The second kappa shape index (κ2) is 6.80. The summed E-state index contributed by atoms with van der Waals surface area (Å²) in [5.41, 5.74) is 0.294. The van der Waals surface area contributed by atoms with Crippen molar-refractivity contribution >= 4 is 5.91 Å². The number of nitrogens with one attached hydrogen (secondary N) is 2. The van der Waals surface area contributed by atoms with E-state index >= 15 is 0 Å². The number of halogens is 3. The molecule has 0 radical (unpaired) electrons. The van der Waals surface area contributed by atoms with Gasteiger partial charge in [-0.3, -0.25) is 4.79 Å². The van der Waals surface area contributed by atoms with Crippen LogP contribution in [0.25, 0.3) is 0 Å². The van der Waals surface area contributed by atoms with Gasteiger partial charge in [0, 0.05) is 24.6 Å². The molecular weight excluding hydrogens is 285 g/mol. The van der Waals surface area contributed by atoms with Gasteiger partial charge in [-0.2, -0.15) is 0 Å². The van der Waals surface area contributed by atoms with E-state index in [9.17, 15) is 18.0 Å². The second-order valence-electron chi connectivity index (χ2n) is 4.93. The zero-order chi connectivity index (χ0) is 15.3. The molecule has 2 N–H and O–H groups in total. The van der Waals surface area contributed by atoms with Gasteiger partial charge in [-0.25, -0.2) is 0 Å². The van der Waals surface area contributed by atoms with Crippen LogP contribution in [-0.4, -0.2) is 24.9 Å². The molecule has 4 nitrogen and oxygen atoms in total. The Hall–Kier alpha value is -1.76. The van der Waals surface area contributed by atoms with E-state index in [4.69, 9.17) is 0 Å². The molecule has 0 aromatic heterocycles. The Morgan fingerprint density at radius 2 is 2.14 bits per heavy atom. The number of alkyl halides is 3. The van der Waals surface area contributed by atoms with Crippen molar-refractivity contribution < 1.29 is 22.7 Å². The molecule has 7 heteroatoms. The van der Waals surface area contributed by atoms with E-state index < -0.39 is 6.36 Å². The van der Waals surface area contributed by atoms with Gasteiger partial charge in [0.05, 0.1) is 0 Å². The number of para-hydroxylation sites is 1. The molecule has 1 heterocycles. The van der Waals surface area contributed by atoms with Crippen LogP contribution in [0, 0.1) is 0 Å². The summed E-state index contributed by atoms with van der Waals surface area (Å²) in [5, 5.41) is 5.82. The number of carbonyl (C=O) groups is 1. The lowest BCUT2D eigenvalue weighted by molar-refractivity contribution is -0.274. The van der Waals surface area contributed by atoms with Crippen LogP contribution in [0.1, 0.15) is 24.8 Å². The minimum absolute atomic E-state index is 0.0117. The van der Waals surface area contributed by atoms with Crippen LogP contribution in [0.3, 0.4) is 0 Å². The largest absolute Gasteiger partial charge is 0.573 e. The van der Waals surface area contributed by atoms with Gasteiger partial charge < -0.3 is 15.4 Å². The summed E-state index contributed by atoms with van der Waals surface area (Å²) < 4.78 is 40.8. The molecule has 21 heavy (non-hydrogen) atoms. The number of ether oxygens (including phenoxy) is 1. The van der Waals surface area contributed by atoms with Crippen molar-refractivity contribution in [3.8, 4) is 5.75 Å². The molecule has 1 aliphatic heterocycles. The van der Waals surface area contributed by atoms with E-state index in [-0.39, 0.29) is 24.2 Å². The highest BCUT2D eigenvalue weighted by molar-refractivity contribution is 5.76. The fourth-order valence-corrected chi connectivity index (χ4v) is 2.29. The first-order chi connectivity index (χ1) is 9.94. The predicted molar refractivity (Wildman–Crippen MR) is 70.6 cm³/mol. The maximum absolute atomic E-state index is 12.3. The molecule has 2 rings (SSSR count). The molecule has 0 saturated carbocycles. The lowest BCUT2D eigenvalue weighted by Gasteiger charge is -2.14. The first-order valence-corrected chi connectivity index (χ1v) is 6.78. The molecule has 1 saturated heterocycles. The second-order valence-corrected chi connectivity index (χ2v) is 4.93. The highest BCUT2D eigenvalue weighted by Crippen LogP contribution is 2.26. The summed E-state index contributed by atoms with van der Waals surface area (Å²) in [6.07, 6.45) is -2.42. The molecular formula is C14H17F3N2O2. The van der Waals surface area contributed by atoms with Gasteiger partial charge in [-0.1, -0.05) is 18.2 Å². The first-order valence-electron chi connectivity index (χ1n) is 6.78. The SMILES string of the molecule is O=C(CC1CCCN1)NCc1ccccc1OC(F)(F)F. The molecule has 1 atom stereocenters. The van der Waals surface area contributed by atoms with Gasteiger partial charge in [0.1, 0.15) is 5.75 Å². The van der Waals surface area contributed by atoms with Gasteiger partial charge in [-0.15, -0.1) is 13.2 Å². The van der Waals surface area contributed by atoms with E-state index in [0.29, 0.717) is 12.0 Å². The van der Waals surface area contributed by atoms with Crippen molar-refractivity contribution in [2.75, 3.05) is 6.54 Å². The van der Waals surface area contributed by atoms with E-state index in [1.165, 1.54) is 18.2 Å². The Labute approximate surface area is 120 Å². The van der Waals surface area contributed by atoms with Crippen molar-refractivity contribution in [3.63, 3.8) is 0 Å². The van der Waals surface area contributed by atoms with Crippen LogP contribution >= 0.6 is 0 Å². The quantitative estimate of drug-likeness (QED) is 0.878. The number of hydrogen-bond donors (Lipinski definition) is 2. The van der Waals surface area contributed by atoms with Crippen LogP contribution in [0.2, 0.25) is 0 Å². The summed E-state index contributed by atoms with van der Waals surface area (Å²) >= 11 is 0. The Morgan fingerprint density at radius 1 is 1.38 bits per heavy atom. The third-order valence-electron chi connectivity index (χ3n) is 3.27.